The molecule has 124 valence electrons. The van der Waals surface area contributed by atoms with E-state index in [0.717, 1.165) is 45.8 Å². The molecule has 1 aromatic heterocycles. The average Bonchev–Trinajstić information content (AvgIpc) is 3.08. The Hall–Kier alpha value is -1.10. The molecule has 1 saturated heterocycles. The highest BCUT2D eigenvalue weighted by Gasteiger charge is 2.27. The molecule has 3 rings (SSSR count). The molecule has 1 N–H and O–H groups in total. The SMILES string of the molecule is CCC1CC(C)CN1CCn1cc(-c2ccc(Cl)cc2)c(=S)[nH]1. The van der Waals surface area contributed by atoms with Gasteiger partial charge in [0.2, 0.25) is 0 Å². The fourth-order valence-corrected chi connectivity index (χ4v) is 3.98. The maximum absolute atomic E-state index is 5.96. The zero-order chi connectivity index (χ0) is 16.4. The van der Waals surface area contributed by atoms with Crippen molar-refractivity contribution < 1.29 is 0 Å². The molecule has 0 amide bonds. The Morgan fingerprint density at radius 3 is 2.70 bits per heavy atom. The maximum atomic E-state index is 5.96. The average molecular weight is 350 g/mol. The molecule has 2 unspecified atom stereocenters. The number of nitrogens with one attached hydrogen (secondary N) is 1. The summed E-state index contributed by atoms with van der Waals surface area (Å²) in [7, 11) is 0. The first-order chi connectivity index (χ1) is 11.1. The van der Waals surface area contributed by atoms with Crippen molar-refractivity contribution in [2.24, 2.45) is 5.92 Å². The van der Waals surface area contributed by atoms with Crippen LogP contribution in [-0.4, -0.2) is 33.8 Å². The van der Waals surface area contributed by atoms with Crippen molar-refractivity contribution in [1.29, 1.82) is 0 Å². The summed E-state index contributed by atoms with van der Waals surface area (Å²) in [6, 6.07) is 8.57. The number of hydrogen-bond donors (Lipinski definition) is 1. The summed E-state index contributed by atoms with van der Waals surface area (Å²) in [5, 5.41) is 4.04. The van der Waals surface area contributed by atoms with Gasteiger partial charge in [0.1, 0.15) is 4.64 Å². The third-order valence-electron chi connectivity index (χ3n) is 4.77. The Morgan fingerprint density at radius 2 is 2.00 bits per heavy atom. The van der Waals surface area contributed by atoms with Gasteiger partial charge in [-0.1, -0.05) is 49.8 Å². The minimum Gasteiger partial charge on any atom is -0.298 e. The van der Waals surface area contributed by atoms with Crippen molar-refractivity contribution in [1.82, 2.24) is 14.7 Å². The highest BCUT2D eigenvalue weighted by atomic mass is 35.5. The van der Waals surface area contributed by atoms with Crippen LogP contribution in [0.3, 0.4) is 0 Å². The zero-order valence-corrected chi connectivity index (χ0v) is 15.3. The van der Waals surface area contributed by atoms with Gasteiger partial charge in [0.15, 0.2) is 0 Å². The summed E-state index contributed by atoms with van der Waals surface area (Å²) in [4.78, 5) is 2.61. The topological polar surface area (TPSA) is 24.0 Å². The Labute approximate surface area is 148 Å². The Bertz CT molecular complexity index is 704. The Kier molecular flexibility index (Phi) is 5.24. The second-order valence-corrected chi connectivity index (χ2v) is 7.43. The third kappa shape index (κ3) is 3.87. The van der Waals surface area contributed by atoms with E-state index >= 15 is 0 Å². The molecule has 1 aliphatic rings. The number of H-pyrrole nitrogens is 1. The van der Waals surface area contributed by atoms with Crippen LogP contribution in [0.1, 0.15) is 26.7 Å². The van der Waals surface area contributed by atoms with Gasteiger partial charge >= 0.3 is 0 Å². The normalized spacial score (nSPS) is 21.9. The van der Waals surface area contributed by atoms with E-state index in [2.05, 4.69) is 34.7 Å². The van der Waals surface area contributed by atoms with Crippen molar-refractivity contribution in [3.63, 3.8) is 0 Å². The van der Waals surface area contributed by atoms with Crippen LogP contribution in [0.15, 0.2) is 30.5 Å². The number of rotatable bonds is 5. The van der Waals surface area contributed by atoms with Gasteiger partial charge in [0.25, 0.3) is 0 Å². The molecule has 1 fully saturated rings. The smallest absolute Gasteiger partial charge is 0.127 e. The number of likely N-dealkylation sites (tertiary alicyclic amines) is 1. The lowest BCUT2D eigenvalue weighted by molar-refractivity contribution is 0.233. The van der Waals surface area contributed by atoms with Gasteiger partial charge in [0.05, 0.1) is 6.54 Å². The summed E-state index contributed by atoms with van der Waals surface area (Å²) in [6.45, 7) is 7.87. The maximum Gasteiger partial charge on any atom is 0.127 e. The number of benzene rings is 1. The van der Waals surface area contributed by atoms with Gasteiger partial charge in [-0.3, -0.25) is 14.7 Å². The van der Waals surface area contributed by atoms with Crippen molar-refractivity contribution in [2.45, 2.75) is 39.3 Å². The summed E-state index contributed by atoms with van der Waals surface area (Å²) in [5.74, 6) is 0.813. The van der Waals surface area contributed by atoms with Crippen LogP contribution in [0, 0.1) is 10.6 Å². The highest BCUT2D eigenvalue weighted by Crippen LogP contribution is 2.25. The van der Waals surface area contributed by atoms with Crippen LogP contribution in [0.2, 0.25) is 5.02 Å². The van der Waals surface area contributed by atoms with E-state index in [1.165, 1.54) is 19.4 Å². The fourth-order valence-electron chi connectivity index (χ4n) is 3.57. The molecule has 0 bridgehead atoms. The molecule has 1 aliphatic heterocycles. The minimum atomic E-state index is 0.735. The number of aromatic amines is 1. The molecule has 2 aromatic rings. The molecule has 3 nitrogen and oxygen atoms in total. The third-order valence-corrected chi connectivity index (χ3v) is 5.33. The van der Waals surface area contributed by atoms with E-state index < -0.39 is 0 Å². The van der Waals surface area contributed by atoms with E-state index in [4.69, 9.17) is 23.8 Å². The van der Waals surface area contributed by atoms with E-state index in [9.17, 15) is 0 Å². The molecule has 5 heteroatoms. The van der Waals surface area contributed by atoms with Gasteiger partial charge in [-0.25, -0.2) is 0 Å². The predicted octanol–water partition coefficient (Wildman–Crippen LogP) is 4.99. The number of hydrogen-bond acceptors (Lipinski definition) is 2. The lowest BCUT2D eigenvalue weighted by Gasteiger charge is -2.23. The predicted molar refractivity (Wildman–Crippen MR) is 99.5 cm³/mol. The molecular formula is C18H24ClN3S. The second-order valence-electron chi connectivity index (χ2n) is 6.58. The molecule has 0 saturated carbocycles. The van der Waals surface area contributed by atoms with Crippen LogP contribution in [0.4, 0.5) is 0 Å². The number of aromatic nitrogens is 2. The van der Waals surface area contributed by atoms with Crippen molar-refractivity contribution in [3.8, 4) is 11.1 Å². The summed E-state index contributed by atoms with van der Waals surface area (Å²) in [5.41, 5.74) is 2.18. The number of halogens is 1. The quantitative estimate of drug-likeness (QED) is 0.769. The molecule has 1 aromatic carbocycles. The fraction of sp³-hybridized carbons (Fsp3) is 0.500. The molecule has 23 heavy (non-hydrogen) atoms. The van der Waals surface area contributed by atoms with Crippen LogP contribution in [0.5, 0.6) is 0 Å². The van der Waals surface area contributed by atoms with E-state index in [1.807, 2.05) is 24.3 Å². The molecule has 2 heterocycles. The molecular weight excluding hydrogens is 326 g/mol. The van der Waals surface area contributed by atoms with Crippen molar-refractivity contribution in [3.05, 3.63) is 40.1 Å². The van der Waals surface area contributed by atoms with Gasteiger partial charge in [-0.2, -0.15) is 0 Å². The largest absolute Gasteiger partial charge is 0.298 e. The molecule has 2 atom stereocenters. The summed E-state index contributed by atoms with van der Waals surface area (Å²) < 4.78 is 2.90. The van der Waals surface area contributed by atoms with Gasteiger partial charge in [0, 0.05) is 35.9 Å². The van der Waals surface area contributed by atoms with Crippen LogP contribution in [-0.2, 0) is 6.54 Å². The first-order valence-electron chi connectivity index (χ1n) is 8.36. The zero-order valence-electron chi connectivity index (χ0n) is 13.8. The van der Waals surface area contributed by atoms with Gasteiger partial charge in [-0.15, -0.1) is 0 Å². The van der Waals surface area contributed by atoms with Crippen LogP contribution >= 0.6 is 23.8 Å². The summed E-state index contributed by atoms with van der Waals surface area (Å²) in [6.07, 6.45) is 4.68. The van der Waals surface area contributed by atoms with Crippen LogP contribution in [0.25, 0.3) is 11.1 Å². The lowest BCUT2D eigenvalue weighted by Crippen LogP contribution is -2.32. The monoisotopic (exact) mass is 349 g/mol. The Balaban J connectivity index is 1.69. The van der Waals surface area contributed by atoms with E-state index in [1.54, 1.807) is 0 Å². The minimum absolute atomic E-state index is 0.735. The van der Waals surface area contributed by atoms with Crippen LogP contribution < -0.4 is 0 Å². The van der Waals surface area contributed by atoms with Gasteiger partial charge in [-0.05, 0) is 36.5 Å². The second kappa shape index (κ2) is 7.20. The molecule has 0 aliphatic carbocycles. The molecule has 0 radical (unpaired) electrons. The first-order valence-corrected chi connectivity index (χ1v) is 9.15. The number of nitrogens with zero attached hydrogens (tertiary/aromatic N) is 2. The first kappa shape index (κ1) is 16.7. The van der Waals surface area contributed by atoms with Crippen molar-refractivity contribution in [2.75, 3.05) is 13.1 Å². The summed E-state index contributed by atoms with van der Waals surface area (Å²) >= 11 is 11.4. The Morgan fingerprint density at radius 1 is 1.26 bits per heavy atom. The van der Waals surface area contributed by atoms with E-state index in [0.29, 0.717) is 0 Å². The standard InChI is InChI=1S/C18H24ClN3S/c1-3-16-10-13(2)11-21(16)8-9-22-12-17(18(23)20-22)14-4-6-15(19)7-5-14/h4-7,12-13,16H,3,8-11H2,1-2H3,(H,20,23). The van der Waals surface area contributed by atoms with E-state index in [-0.39, 0.29) is 0 Å². The van der Waals surface area contributed by atoms with Crippen molar-refractivity contribution >= 4 is 23.8 Å². The van der Waals surface area contributed by atoms with Gasteiger partial charge < -0.3 is 0 Å². The molecule has 0 spiro atoms. The lowest BCUT2D eigenvalue weighted by atomic mass is 10.1. The highest BCUT2D eigenvalue weighted by molar-refractivity contribution is 7.71.